The van der Waals surface area contributed by atoms with E-state index >= 15 is 0 Å². The minimum absolute atomic E-state index is 0.407. The molecule has 4 nitrogen and oxygen atoms in total. The van der Waals surface area contributed by atoms with Gasteiger partial charge in [-0.3, -0.25) is 0 Å². The summed E-state index contributed by atoms with van der Waals surface area (Å²) in [6.07, 6.45) is 0.851. The fourth-order valence-electron chi connectivity index (χ4n) is 1.60. The number of hydrogen-bond acceptors (Lipinski definition) is 4. The van der Waals surface area contributed by atoms with Crippen LogP contribution in [0.15, 0.2) is 0 Å². The van der Waals surface area contributed by atoms with Gasteiger partial charge in [-0.15, -0.1) is 0 Å². The molecule has 0 radical (unpaired) electrons. The molecule has 0 saturated carbocycles. The lowest BCUT2D eigenvalue weighted by molar-refractivity contribution is -0.0390. The fraction of sp³-hybridized carbons (Fsp3) is 0.667. The average Bonchev–Trinajstić information content (AvgIpc) is 2.32. The van der Waals surface area contributed by atoms with Gasteiger partial charge in [0.1, 0.15) is 11.4 Å². The molecule has 1 rings (SSSR count). The van der Waals surface area contributed by atoms with Crippen LogP contribution in [0.4, 0.5) is 5.82 Å². The van der Waals surface area contributed by atoms with E-state index in [0.717, 1.165) is 27.3 Å². The summed E-state index contributed by atoms with van der Waals surface area (Å²) >= 11 is 2.25. The molecule has 0 amide bonds. The van der Waals surface area contributed by atoms with E-state index in [4.69, 9.17) is 4.74 Å². The van der Waals surface area contributed by atoms with Gasteiger partial charge in [0.15, 0.2) is 5.82 Å². The lowest BCUT2D eigenvalue weighted by Crippen LogP contribution is -2.28. The highest BCUT2D eigenvalue weighted by molar-refractivity contribution is 14.1. The minimum Gasteiger partial charge on any atom is -0.372 e. The summed E-state index contributed by atoms with van der Waals surface area (Å²) < 4.78 is 6.86. The molecule has 0 spiro atoms. The Morgan fingerprint density at radius 3 is 2.47 bits per heavy atom. The summed E-state index contributed by atoms with van der Waals surface area (Å²) in [5.74, 6) is 1.62. The van der Waals surface area contributed by atoms with Crippen LogP contribution in [-0.2, 0) is 10.3 Å². The maximum atomic E-state index is 5.80. The second-order valence-corrected chi connectivity index (χ2v) is 5.14. The molecule has 0 aliphatic carbocycles. The molecule has 0 aromatic carbocycles. The van der Waals surface area contributed by atoms with E-state index < -0.39 is 5.60 Å². The van der Waals surface area contributed by atoms with Crippen molar-refractivity contribution in [3.05, 3.63) is 15.1 Å². The molecule has 0 saturated heterocycles. The molecule has 96 valence electrons. The zero-order chi connectivity index (χ0) is 13.1. The second-order valence-electron chi connectivity index (χ2n) is 4.06. The number of nitrogens with zero attached hydrogens (tertiary/aromatic N) is 2. The Hall–Kier alpha value is -0.430. The predicted molar refractivity (Wildman–Crippen MR) is 78.3 cm³/mol. The number of nitrogens with one attached hydrogen (secondary N) is 1. The van der Waals surface area contributed by atoms with Crippen LogP contribution in [0.2, 0.25) is 0 Å². The number of rotatable bonds is 5. The van der Waals surface area contributed by atoms with E-state index in [9.17, 15) is 0 Å². The topological polar surface area (TPSA) is 47.0 Å². The SMILES string of the molecule is CCOC(C)(CC)c1nc(C)c(I)c(NC)n1. The van der Waals surface area contributed by atoms with E-state index in [1.165, 1.54) is 0 Å². The summed E-state index contributed by atoms with van der Waals surface area (Å²) in [7, 11) is 1.87. The molecule has 1 aromatic rings. The number of aryl methyl sites for hydroxylation is 1. The van der Waals surface area contributed by atoms with Crippen molar-refractivity contribution in [1.29, 1.82) is 0 Å². The van der Waals surface area contributed by atoms with Crippen molar-refractivity contribution in [2.75, 3.05) is 19.0 Å². The Balaban J connectivity index is 3.25. The molecule has 5 heteroatoms. The maximum absolute atomic E-state index is 5.80. The van der Waals surface area contributed by atoms with Crippen molar-refractivity contribution >= 4 is 28.4 Å². The highest BCUT2D eigenvalue weighted by Crippen LogP contribution is 2.29. The molecule has 1 N–H and O–H groups in total. The monoisotopic (exact) mass is 349 g/mol. The summed E-state index contributed by atoms with van der Waals surface area (Å²) in [6.45, 7) is 8.78. The normalized spacial score (nSPS) is 14.5. The van der Waals surface area contributed by atoms with Gasteiger partial charge in [-0.2, -0.15) is 0 Å². The van der Waals surface area contributed by atoms with Crippen LogP contribution in [0, 0.1) is 10.5 Å². The Bertz CT molecular complexity index is 398. The minimum atomic E-state index is -0.407. The van der Waals surface area contributed by atoms with Crippen LogP contribution in [0.25, 0.3) is 0 Å². The molecule has 1 heterocycles. The molecule has 0 aliphatic heterocycles. The van der Waals surface area contributed by atoms with Crippen LogP contribution in [0.1, 0.15) is 38.7 Å². The van der Waals surface area contributed by atoms with Gasteiger partial charge < -0.3 is 10.1 Å². The molecule has 1 atom stereocenters. The van der Waals surface area contributed by atoms with Crippen molar-refractivity contribution in [3.63, 3.8) is 0 Å². The molecule has 0 bridgehead atoms. The van der Waals surface area contributed by atoms with Crippen molar-refractivity contribution in [2.45, 2.75) is 39.7 Å². The van der Waals surface area contributed by atoms with Gasteiger partial charge in [-0.25, -0.2) is 9.97 Å². The first kappa shape index (κ1) is 14.6. The van der Waals surface area contributed by atoms with E-state index in [0.29, 0.717) is 6.61 Å². The van der Waals surface area contributed by atoms with Gasteiger partial charge in [0, 0.05) is 13.7 Å². The Morgan fingerprint density at radius 1 is 1.35 bits per heavy atom. The quantitative estimate of drug-likeness (QED) is 0.830. The third kappa shape index (κ3) is 3.07. The number of ether oxygens (including phenoxy) is 1. The van der Waals surface area contributed by atoms with Gasteiger partial charge in [-0.1, -0.05) is 6.92 Å². The maximum Gasteiger partial charge on any atom is 0.162 e. The van der Waals surface area contributed by atoms with Crippen LogP contribution < -0.4 is 5.32 Å². The molecule has 1 unspecified atom stereocenters. The van der Waals surface area contributed by atoms with E-state index in [2.05, 4.69) is 44.8 Å². The number of halogens is 1. The largest absolute Gasteiger partial charge is 0.372 e. The van der Waals surface area contributed by atoms with Crippen LogP contribution in [-0.4, -0.2) is 23.6 Å². The average molecular weight is 349 g/mol. The van der Waals surface area contributed by atoms with Crippen molar-refractivity contribution in [2.24, 2.45) is 0 Å². The van der Waals surface area contributed by atoms with Gasteiger partial charge in [0.05, 0.1) is 9.26 Å². The lowest BCUT2D eigenvalue weighted by atomic mass is 10.0. The first-order valence-corrected chi connectivity index (χ1v) is 6.92. The summed E-state index contributed by atoms with van der Waals surface area (Å²) in [4.78, 5) is 9.12. The third-order valence-corrected chi connectivity index (χ3v) is 4.16. The highest BCUT2D eigenvalue weighted by atomic mass is 127. The fourth-order valence-corrected chi connectivity index (χ4v) is 2.12. The molecule has 1 aromatic heterocycles. The van der Waals surface area contributed by atoms with Gasteiger partial charge in [-0.05, 0) is 49.8 Å². The van der Waals surface area contributed by atoms with Crippen LogP contribution >= 0.6 is 22.6 Å². The summed E-state index contributed by atoms with van der Waals surface area (Å²) in [5.41, 5.74) is 0.578. The van der Waals surface area contributed by atoms with Crippen molar-refractivity contribution < 1.29 is 4.74 Å². The molecule has 0 fully saturated rings. The summed E-state index contributed by atoms with van der Waals surface area (Å²) in [5, 5.41) is 3.10. The first-order valence-electron chi connectivity index (χ1n) is 5.84. The number of hydrogen-bond donors (Lipinski definition) is 1. The Kier molecular flexibility index (Phi) is 5.12. The third-order valence-electron chi connectivity index (χ3n) is 2.86. The number of aromatic nitrogens is 2. The Labute approximate surface area is 117 Å². The van der Waals surface area contributed by atoms with Crippen LogP contribution in [0.5, 0.6) is 0 Å². The lowest BCUT2D eigenvalue weighted by Gasteiger charge is -2.27. The van der Waals surface area contributed by atoms with Gasteiger partial charge >= 0.3 is 0 Å². The summed E-state index contributed by atoms with van der Waals surface area (Å²) in [6, 6.07) is 0. The standard InChI is InChI=1S/C12H20IN3O/c1-6-12(4,17-7-2)11-15-8(3)9(13)10(14-5)16-11/h6-7H2,1-5H3,(H,14,15,16). The van der Waals surface area contributed by atoms with Crippen molar-refractivity contribution in [1.82, 2.24) is 9.97 Å². The van der Waals surface area contributed by atoms with Crippen molar-refractivity contribution in [3.8, 4) is 0 Å². The van der Waals surface area contributed by atoms with E-state index in [1.807, 2.05) is 27.8 Å². The Morgan fingerprint density at radius 2 is 2.00 bits per heavy atom. The smallest absolute Gasteiger partial charge is 0.162 e. The van der Waals surface area contributed by atoms with E-state index in [-0.39, 0.29) is 0 Å². The molecular formula is C12H20IN3O. The van der Waals surface area contributed by atoms with Gasteiger partial charge in [0.2, 0.25) is 0 Å². The molecule has 17 heavy (non-hydrogen) atoms. The molecular weight excluding hydrogens is 329 g/mol. The zero-order valence-corrected chi connectivity index (χ0v) is 13.3. The zero-order valence-electron chi connectivity index (χ0n) is 11.1. The molecule has 0 aliphatic rings. The predicted octanol–water partition coefficient (Wildman–Crippen LogP) is 3.09. The number of anilines is 1. The second kappa shape index (κ2) is 5.95. The van der Waals surface area contributed by atoms with Crippen LogP contribution in [0.3, 0.4) is 0 Å². The van der Waals surface area contributed by atoms with E-state index in [1.54, 1.807) is 0 Å². The first-order chi connectivity index (χ1) is 7.98. The van der Waals surface area contributed by atoms with Gasteiger partial charge in [0.25, 0.3) is 0 Å². The highest BCUT2D eigenvalue weighted by Gasteiger charge is 2.29.